The lowest BCUT2D eigenvalue weighted by atomic mass is 9.73. The SMILES string of the molecule is CC(C)(C)CC(C)(C)CC(O)C(F)(F)C(=O)N1CCC[C@H]1c1cc(Cn2ccc(=O)cc2)on1. The third kappa shape index (κ3) is 6.31. The second kappa shape index (κ2) is 9.60. The largest absolute Gasteiger partial charge is 0.386 e. The number of rotatable bonds is 8. The zero-order valence-corrected chi connectivity index (χ0v) is 20.6. The van der Waals surface area contributed by atoms with E-state index >= 15 is 8.78 Å². The molecule has 1 N–H and O–H groups in total. The first kappa shape index (κ1) is 26.1. The lowest BCUT2D eigenvalue weighted by Gasteiger charge is -2.36. The maximum absolute atomic E-state index is 15.1. The van der Waals surface area contributed by atoms with Crippen molar-refractivity contribution in [3.63, 3.8) is 0 Å². The van der Waals surface area contributed by atoms with Gasteiger partial charge in [0.25, 0.3) is 5.91 Å². The van der Waals surface area contributed by atoms with Crippen molar-refractivity contribution < 1.29 is 23.2 Å². The van der Waals surface area contributed by atoms with Crippen LogP contribution in [0, 0.1) is 10.8 Å². The minimum Gasteiger partial charge on any atom is -0.386 e. The number of halogens is 2. The molecular weight excluding hydrogens is 444 g/mol. The minimum absolute atomic E-state index is 0.0947. The molecule has 34 heavy (non-hydrogen) atoms. The van der Waals surface area contributed by atoms with E-state index in [-0.39, 0.29) is 23.8 Å². The third-order valence-electron chi connectivity index (χ3n) is 6.09. The Balaban J connectivity index is 1.71. The summed E-state index contributed by atoms with van der Waals surface area (Å²) in [5.74, 6) is -4.80. The number of carbonyl (C=O) groups excluding carboxylic acids is 1. The highest BCUT2D eigenvalue weighted by atomic mass is 19.3. The number of aromatic nitrogens is 2. The average Bonchev–Trinajstić information content (AvgIpc) is 3.36. The molecule has 1 unspecified atom stereocenters. The van der Waals surface area contributed by atoms with Crippen LogP contribution in [0.4, 0.5) is 8.78 Å². The van der Waals surface area contributed by atoms with Crippen LogP contribution >= 0.6 is 0 Å². The van der Waals surface area contributed by atoms with Gasteiger partial charge in [-0.15, -0.1) is 0 Å². The van der Waals surface area contributed by atoms with E-state index < -0.39 is 29.4 Å². The third-order valence-corrected chi connectivity index (χ3v) is 6.09. The van der Waals surface area contributed by atoms with Crippen LogP contribution in [0.3, 0.4) is 0 Å². The summed E-state index contributed by atoms with van der Waals surface area (Å²) in [7, 11) is 0. The van der Waals surface area contributed by atoms with Gasteiger partial charge in [-0.3, -0.25) is 9.59 Å². The van der Waals surface area contributed by atoms with Gasteiger partial charge < -0.3 is 19.1 Å². The Kier molecular flexibility index (Phi) is 7.36. The first-order valence-electron chi connectivity index (χ1n) is 11.7. The molecule has 9 heteroatoms. The van der Waals surface area contributed by atoms with Crippen LogP contribution in [0.5, 0.6) is 0 Å². The van der Waals surface area contributed by atoms with Gasteiger partial charge in [0.15, 0.2) is 11.2 Å². The summed E-state index contributed by atoms with van der Waals surface area (Å²) in [5, 5.41) is 14.4. The molecule has 3 heterocycles. The number of carbonyl (C=O) groups is 1. The Morgan fingerprint density at radius 2 is 1.88 bits per heavy atom. The Hall–Kier alpha value is -2.55. The van der Waals surface area contributed by atoms with Crippen molar-refractivity contribution in [2.24, 2.45) is 10.8 Å². The fourth-order valence-corrected chi connectivity index (χ4v) is 5.10. The monoisotopic (exact) mass is 479 g/mol. The summed E-state index contributed by atoms with van der Waals surface area (Å²) in [6.45, 7) is 10.2. The predicted molar refractivity (Wildman–Crippen MR) is 123 cm³/mol. The van der Waals surface area contributed by atoms with Crippen molar-refractivity contribution in [3.8, 4) is 0 Å². The van der Waals surface area contributed by atoms with E-state index in [9.17, 15) is 14.7 Å². The fraction of sp³-hybridized carbons (Fsp3) is 0.640. The number of hydrogen-bond donors (Lipinski definition) is 1. The van der Waals surface area contributed by atoms with Crippen LogP contribution in [0.25, 0.3) is 0 Å². The van der Waals surface area contributed by atoms with E-state index in [2.05, 4.69) is 5.16 Å². The van der Waals surface area contributed by atoms with Crippen molar-refractivity contribution >= 4 is 5.91 Å². The predicted octanol–water partition coefficient (Wildman–Crippen LogP) is 4.40. The van der Waals surface area contributed by atoms with Crippen molar-refractivity contribution in [2.75, 3.05) is 6.54 Å². The molecule has 2 atom stereocenters. The molecule has 0 spiro atoms. The van der Waals surface area contributed by atoms with Crippen molar-refractivity contribution in [1.82, 2.24) is 14.6 Å². The number of hydrogen-bond acceptors (Lipinski definition) is 5. The van der Waals surface area contributed by atoms with Crippen molar-refractivity contribution in [1.29, 1.82) is 0 Å². The van der Waals surface area contributed by atoms with E-state index in [1.54, 1.807) is 23.0 Å². The molecule has 1 saturated heterocycles. The average molecular weight is 480 g/mol. The highest BCUT2D eigenvalue weighted by Gasteiger charge is 2.52. The highest BCUT2D eigenvalue weighted by Crippen LogP contribution is 2.41. The lowest BCUT2D eigenvalue weighted by Crippen LogP contribution is -2.51. The van der Waals surface area contributed by atoms with Crippen LogP contribution in [-0.4, -0.2) is 44.2 Å². The molecule has 1 amide bonds. The van der Waals surface area contributed by atoms with E-state index in [1.165, 1.54) is 12.1 Å². The summed E-state index contributed by atoms with van der Waals surface area (Å²) >= 11 is 0. The highest BCUT2D eigenvalue weighted by molar-refractivity contribution is 5.84. The van der Waals surface area contributed by atoms with Gasteiger partial charge in [-0.05, 0) is 36.5 Å². The summed E-state index contributed by atoms with van der Waals surface area (Å²) in [6, 6.07) is 3.85. The first-order chi connectivity index (χ1) is 15.7. The second-order valence-corrected chi connectivity index (χ2v) is 11.3. The Morgan fingerprint density at radius 3 is 2.50 bits per heavy atom. The first-order valence-corrected chi connectivity index (χ1v) is 11.7. The zero-order chi connectivity index (χ0) is 25.3. The summed E-state index contributed by atoms with van der Waals surface area (Å²) in [4.78, 5) is 25.3. The van der Waals surface area contributed by atoms with E-state index in [4.69, 9.17) is 4.52 Å². The molecule has 0 aromatic carbocycles. The van der Waals surface area contributed by atoms with Gasteiger partial charge in [0, 0.05) is 37.1 Å². The Morgan fingerprint density at radius 1 is 1.24 bits per heavy atom. The molecule has 0 saturated carbocycles. The maximum atomic E-state index is 15.1. The topological polar surface area (TPSA) is 88.6 Å². The number of pyridine rings is 1. The molecule has 1 aliphatic heterocycles. The molecule has 188 valence electrons. The number of aliphatic hydroxyl groups is 1. The maximum Gasteiger partial charge on any atom is 0.349 e. The molecule has 2 aromatic rings. The van der Waals surface area contributed by atoms with Gasteiger partial charge >= 0.3 is 5.92 Å². The van der Waals surface area contributed by atoms with Gasteiger partial charge in [0.1, 0.15) is 11.8 Å². The molecular formula is C25H35F2N3O4. The Bertz CT molecular complexity index is 1030. The summed E-state index contributed by atoms with van der Waals surface area (Å²) < 4.78 is 37.3. The van der Waals surface area contributed by atoms with Crippen LogP contribution in [0.1, 0.15) is 77.8 Å². The zero-order valence-electron chi connectivity index (χ0n) is 20.6. The lowest BCUT2D eigenvalue weighted by molar-refractivity contribution is -0.179. The quantitative estimate of drug-likeness (QED) is 0.606. The van der Waals surface area contributed by atoms with E-state index in [0.717, 1.165) is 4.90 Å². The van der Waals surface area contributed by atoms with Crippen LogP contribution < -0.4 is 5.43 Å². The molecule has 0 bridgehead atoms. The normalized spacial score (nSPS) is 18.4. The molecule has 3 rings (SSSR count). The number of nitrogens with zero attached hydrogens (tertiary/aromatic N) is 3. The van der Waals surface area contributed by atoms with Gasteiger partial charge in [-0.2, -0.15) is 8.78 Å². The van der Waals surface area contributed by atoms with Crippen LogP contribution in [-0.2, 0) is 11.3 Å². The molecule has 7 nitrogen and oxygen atoms in total. The summed E-state index contributed by atoms with van der Waals surface area (Å²) in [6.07, 6.45) is 2.63. The Labute approximate surface area is 198 Å². The van der Waals surface area contributed by atoms with E-state index in [1.807, 2.05) is 34.6 Å². The van der Waals surface area contributed by atoms with Crippen molar-refractivity contribution in [2.45, 2.75) is 84.9 Å². The molecule has 0 aliphatic carbocycles. The number of aliphatic hydroxyl groups excluding tert-OH is 1. The van der Waals surface area contributed by atoms with Gasteiger partial charge in [-0.1, -0.05) is 39.8 Å². The molecule has 1 aliphatic rings. The van der Waals surface area contributed by atoms with Crippen molar-refractivity contribution in [3.05, 3.63) is 52.3 Å². The smallest absolute Gasteiger partial charge is 0.349 e. The standard InChI is InChI=1S/C25H35F2N3O4/c1-23(2,3)16-24(4,5)14-21(32)25(26,27)22(33)30-10-6-7-20(30)19-13-18(34-28-19)15-29-11-8-17(31)9-12-29/h8-9,11-13,20-21,32H,6-7,10,14-16H2,1-5H3/t20-,21?/m0/s1. The van der Waals surface area contributed by atoms with Gasteiger partial charge in [-0.25, -0.2) is 0 Å². The molecule has 2 aromatic heterocycles. The second-order valence-electron chi connectivity index (χ2n) is 11.3. The summed E-state index contributed by atoms with van der Waals surface area (Å²) in [5.41, 5.74) is -0.364. The number of likely N-dealkylation sites (tertiary alicyclic amines) is 1. The van der Waals surface area contributed by atoms with E-state index in [0.29, 0.717) is 37.3 Å². The van der Waals surface area contributed by atoms with Crippen LogP contribution in [0.15, 0.2) is 39.9 Å². The molecule has 1 fully saturated rings. The fourth-order valence-electron chi connectivity index (χ4n) is 5.10. The van der Waals surface area contributed by atoms with Gasteiger partial charge in [0.05, 0.1) is 12.6 Å². The number of alkyl halides is 2. The minimum atomic E-state index is -3.90. The number of amides is 1. The van der Waals surface area contributed by atoms with Gasteiger partial charge in [0.2, 0.25) is 0 Å². The molecule has 0 radical (unpaired) electrons. The van der Waals surface area contributed by atoms with Crippen LogP contribution in [0.2, 0.25) is 0 Å².